The van der Waals surface area contributed by atoms with Gasteiger partial charge in [0.2, 0.25) is 0 Å². The van der Waals surface area contributed by atoms with E-state index in [0.717, 1.165) is 11.1 Å². The Morgan fingerprint density at radius 1 is 1.56 bits per heavy atom. The molecule has 1 unspecified atom stereocenters. The van der Waals surface area contributed by atoms with E-state index >= 15 is 0 Å². The largest absolute Gasteiger partial charge is 0.383 e. The van der Waals surface area contributed by atoms with Crippen LogP contribution in [-0.4, -0.2) is 20.3 Å². The van der Waals surface area contributed by atoms with Crippen LogP contribution < -0.4 is 5.32 Å². The average Bonchev–Trinajstić information content (AvgIpc) is 2.26. The summed E-state index contributed by atoms with van der Waals surface area (Å²) < 4.78 is 17.8. The van der Waals surface area contributed by atoms with Gasteiger partial charge < -0.3 is 4.74 Å². The highest BCUT2D eigenvalue weighted by molar-refractivity contribution is 5.32. The Hall–Kier alpha value is -1.44. The van der Waals surface area contributed by atoms with E-state index in [9.17, 15) is 4.39 Å². The second-order valence-electron chi connectivity index (χ2n) is 3.51. The van der Waals surface area contributed by atoms with Crippen molar-refractivity contribution in [2.45, 2.75) is 13.0 Å². The predicted molar refractivity (Wildman–Crippen MR) is 59.4 cm³/mol. The number of aryl methyl sites for hydroxylation is 1. The highest BCUT2D eigenvalue weighted by Crippen LogP contribution is 2.17. The summed E-state index contributed by atoms with van der Waals surface area (Å²) in [4.78, 5) is 0. The molecule has 1 atom stereocenters. The summed E-state index contributed by atoms with van der Waals surface area (Å²) in [6.45, 7) is 2.92. The summed E-state index contributed by atoms with van der Waals surface area (Å²) in [7, 11) is 1.60. The van der Waals surface area contributed by atoms with E-state index in [1.807, 2.05) is 0 Å². The lowest BCUT2D eigenvalue weighted by molar-refractivity contribution is 0.198. The Balaban J connectivity index is 2.76. The van der Waals surface area contributed by atoms with E-state index < -0.39 is 6.04 Å². The number of methoxy groups -OCH3 is 1. The molecule has 86 valence electrons. The molecule has 0 saturated heterocycles. The molecule has 0 fully saturated rings. The number of nitriles is 1. The molecule has 0 amide bonds. The van der Waals surface area contributed by atoms with E-state index in [1.165, 1.54) is 12.1 Å². The molecule has 1 N–H and O–H groups in total. The average molecular weight is 222 g/mol. The smallest absolute Gasteiger partial charge is 0.123 e. The lowest BCUT2D eigenvalue weighted by atomic mass is 10.0. The number of ether oxygens (including phenoxy) is 1. The fourth-order valence-electron chi connectivity index (χ4n) is 1.49. The minimum absolute atomic E-state index is 0.283. The van der Waals surface area contributed by atoms with Crippen LogP contribution in [0.3, 0.4) is 0 Å². The van der Waals surface area contributed by atoms with Gasteiger partial charge in [-0.1, -0.05) is 6.07 Å². The molecule has 0 spiro atoms. The molecule has 16 heavy (non-hydrogen) atoms. The maximum atomic E-state index is 12.9. The molecule has 0 aliphatic rings. The standard InChI is InChI=1S/C12H15FN2O/c1-9-7-10(13)3-4-11(9)12(8-14)15-5-6-16-2/h3-4,7,12,15H,5-6H2,1-2H3. The zero-order chi connectivity index (χ0) is 12.0. The van der Waals surface area contributed by atoms with Crippen molar-refractivity contribution in [2.75, 3.05) is 20.3 Å². The third-order valence-corrected chi connectivity index (χ3v) is 2.33. The summed E-state index contributed by atoms with van der Waals surface area (Å²) >= 11 is 0. The van der Waals surface area contributed by atoms with Crippen LogP contribution in [0.1, 0.15) is 17.2 Å². The van der Waals surface area contributed by atoms with Crippen molar-refractivity contribution in [3.63, 3.8) is 0 Å². The van der Waals surface area contributed by atoms with Crippen molar-refractivity contribution in [1.29, 1.82) is 5.26 Å². The molecule has 1 aromatic carbocycles. The number of benzene rings is 1. The van der Waals surface area contributed by atoms with Gasteiger partial charge in [0.15, 0.2) is 0 Å². The molecular formula is C12H15FN2O. The quantitative estimate of drug-likeness (QED) is 0.774. The first-order valence-corrected chi connectivity index (χ1v) is 5.07. The van der Waals surface area contributed by atoms with Crippen LogP contribution in [0.25, 0.3) is 0 Å². The number of nitrogens with one attached hydrogen (secondary N) is 1. The van der Waals surface area contributed by atoms with Gasteiger partial charge in [-0.05, 0) is 30.2 Å². The van der Waals surface area contributed by atoms with E-state index in [-0.39, 0.29) is 5.82 Å². The first-order chi connectivity index (χ1) is 7.69. The van der Waals surface area contributed by atoms with E-state index in [0.29, 0.717) is 13.2 Å². The molecule has 0 bridgehead atoms. The SMILES string of the molecule is COCCNC(C#N)c1ccc(F)cc1C. The fourth-order valence-corrected chi connectivity index (χ4v) is 1.49. The molecule has 0 radical (unpaired) electrons. The Kier molecular flexibility index (Phi) is 4.90. The van der Waals surface area contributed by atoms with Gasteiger partial charge in [0.1, 0.15) is 11.9 Å². The Morgan fingerprint density at radius 2 is 2.31 bits per heavy atom. The van der Waals surface area contributed by atoms with Crippen LogP contribution in [0.4, 0.5) is 4.39 Å². The molecule has 0 aromatic heterocycles. The first kappa shape index (κ1) is 12.6. The van der Waals surface area contributed by atoms with Crippen molar-refractivity contribution in [3.05, 3.63) is 35.1 Å². The van der Waals surface area contributed by atoms with Crippen molar-refractivity contribution in [2.24, 2.45) is 0 Å². The Labute approximate surface area is 94.8 Å². The zero-order valence-electron chi connectivity index (χ0n) is 9.46. The van der Waals surface area contributed by atoms with Gasteiger partial charge in [-0.3, -0.25) is 5.32 Å². The van der Waals surface area contributed by atoms with E-state index in [4.69, 9.17) is 10.00 Å². The van der Waals surface area contributed by atoms with Crippen LogP contribution in [0.15, 0.2) is 18.2 Å². The lowest BCUT2D eigenvalue weighted by Crippen LogP contribution is -2.24. The van der Waals surface area contributed by atoms with Crippen LogP contribution in [-0.2, 0) is 4.74 Å². The highest BCUT2D eigenvalue weighted by Gasteiger charge is 2.12. The summed E-state index contributed by atoms with van der Waals surface area (Å²) in [6, 6.07) is 6.16. The molecule has 1 aromatic rings. The van der Waals surface area contributed by atoms with Crippen molar-refractivity contribution >= 4 is 0 Å². The maximum Gasteiger partial charge on any atom is 0.123 e. The Morgan fingerprint density at radius 3 is 2.88 bits per heavy atom. The number of hydrogen-bond donors (Lipinski definition) is 1. The summed E-state index contributed by atoms with van der Waals surface area (Å²) in [5.74, 6) is -0.283. The minimum atomic E-state index is -0.421. The number of hydrogen-bond acceptors (Lipinski definition) is 3. The van der Waals surface area contributed by atoms with Gasteiger partial charge in [-0.25, -0.2) is 4.39 Å². The summed E-state index contributed by atoms with van der Waals surface area (Å²) in [5, 5.41) is 12.1. The van der Waals surface area contributed by atoms with Crippen LogP contribution in [0.2, 0.25) is 0 Å². The van der Waals surface area contributed by atoms with Gasteiger partial charge in [0.05, 0.1) is 12.7 Å². The van der Waals surface area contributed by atoms with Gasteiger partial charge in [-0.2, -0.15) is 5.26 Å². The van der Waals surface area contributed by atoms with Gasteiger partial charge in [-0.15, -0.1) is 0 Å². The third-order valence-electron chi connectivity index (χ3n) is 2.33. The van der Waals surface area contributed by atoms with E-state index in [2.05, 4.69) is 11.4 Å². The summed E-state index contributed by atoms with van der Waals surface area (Å²) in [5.41, 5.74) is 1.58. The van der Waals surface area contributed by atoms with Crippen LogP contribution in [0.5, 0.6) is 0 Å². The van der Waals surface area contributed by atoms with Crippen molar-refractivity contribution < 1.29 is 9.13 Å². The van der Waals surface area contributed by atoms with Crippen molar-refractivity contribution in [1.82, 2.24) is 5.32 Å². The molecule has 3 nitrogen and oxygen atoms in total. The van der Waals surface area contributed by atoms with Crippen molar-refractivity contribution in [3.8, 4) is 6.07 Å². The second-order valence-corrected chi connectivity index (χ2v) is 3.51. The molecule has 0 aliphatic carbocycles. The van der Waals surface area contributed by atoms with Gasteiger partial charge in [0, 0.05) is 13.7 Å². The molecule has 1 rings (SSSR count). The normalized spacial score (nSPS) is 12.1. The number of nitrogens with zero attached hydrogens (tertiary/aromatic N) is 1. The zero-order valence-corrected chi connectivity index (χ0v) is 9.46. The van der Waals surface area contributed by atoms with Gasteiger partial charge >= 0.3 is 0 Å². The summed E-state index contributed by atoms with van der Waals surface area (Å²) in [6.07, 6.45) is 0. The monoisotopic (exact) mass is 222 g/mol. The van der Waals surface area contributed by atoms with Crippen LogP contribution in [0, 0.1) is 24.1 Å². The predicted octanol–water partition coefficient (Wildman–Crippen LogP) is 1.93. The molecule has 0 saturated carbocycles. The topological polar surface area (TPSA) is 45.0 Å². The molecular weight excluding hydrogens is 207 g/mol. The highest BCUT2D eigenvalue weighted by atomic mass is 19.1. The van der Waals surface area contributed by atoms with Crippen LogP contribution >= 0.6 is 0 Å². The number of rotatable bonds is 5. The molecule has 4 heteroatoms. The van der Waals surface area contributed by atoms with E-state index in [1.54, 1.807) is 20.1 Å². The maximum absolute atomic E-state index is 12.9. The lowest BCUT2D eigenvalue weighted by Gasteiger charge is -2.13. The molecule has 0 aliphatic heterocycles. The Bertz CT molecular complexity index is 387. The first-order valence-electron chi connectivity index (χ1n) is 5.07. The second kappa shape index (κ2) is 6.21. The number of halogens is 1. The third kappa shape index (κ3) is 3.30. The van der Waals surface area contributed by atoms with Gasteiger partial charge in [0.25, 0.3) is 0 Å². The fraction of sp³-hybridized carbons (Fsp3) is 0.417. The minimum Gasteiger partial charge on any atom is -0.383 e. The molecule has 0 heterocycles.